The number of rotatable bonds is 4. The number of nitrogens with one attached hydrogen (secondary N) is 1. The molecule has 5 rings (SSSR count). The number of para-hydroxylation sites is 1. The lowest BCUT2D eigenvalue weighted by molar-refractivity contribution is -0.0345. The SMILES string of the molecule is CCOc1cccc2c1OC(c1ccccc1Cl)N1NC(c3cccnc3)=CC21. The number of ether oxygens (including phenoxy) is 2. The minimum atomic E-state index is -0.409. The van der Waals surface area contributed by atoms with Crippen molar-refractivity contribution >= 4 is 17.3 Å². The van der Waals surface area contributed by atoms with Crippen LogP contribution in [0, 0.1) is 0 Å². The first kappa shape index (κ1) is 18.0. The van der Waals surface area contributed by atoms with E-state index in [2.05, 4.69) is 27.6 Å². The molecule has 1 N–H and O–H groups in total. The van der Waals surface area contributed by atoms with Crippen molar-refractivity contribution in [3.05, 3.63) is 94.8 Å². The first-order valence-corrected chi connectivity index (χ1v) is 9.98. The highest BCUT2D eigenvalue weighted by atomic mass is 35.5. The first-order chi connectivity index (χ1) is 14.3. The summed E-state index contributed by atoms with van der Waals surface area (Å²) in [6.45, 7) is 2.54. The Hall–Kier alpha value is -3.02. The zero-order valence-corrected chi connectivity index (χ0v) is 16.6. The molecule has 2 unspecified atom stereocenters. The Labute approximate surface area is 174 Å². The predicted octanol–water partition coefficient (Wildman–Crippen LogP) is 5.13. The van der Waals surface area contributed by atoms with Crippen molar-refractivity contribution < 1.29 is 9.47 Å². The molecule has 3 heterocycles. The van der Waals surface area contributed by atoms with Gasteiger partial charge in [-0.15, -0.1) is 0 Å². The fourth-order valence-corrected chi connectivity index (χ4v) is 4.06. The van der Waals surface area contributed by atoms with Crippen molar-refractivity contribution in [2.24, 2.45) is 0 Å². The molecule has 0 saturated heterocycles. The zero-order chi connectivity index (χ0) is 19.8. The van der Waals surface area contributed by atoms with Crippen LogP contribution >= 0.6 is 11.6 Å². The highest BCUT2D eigenvalue weighted by Crippen LogP contribution is 2.50. The Kier molecular flexibility index (Phi) is 4.62. The number of fused-ring (bicyclic) bond motifs is 3. The van der Waals surface area contributed by atoms with Gasteiger partial charge in [0.2, 0.25) is 0 Å². The maximum atomic E-state index is 6.54. The molecule has 0 aliphatic carbocycles. The first-order valence-electron chi connectivity index (χ1n) is 9.60. The van der Waals surface area contributed by atoms with Crippen LogP contribution in [0.5, 0.6) is 11.5 Å². The molecule has 0 fully saturated rings. The molecule has 29 heavy (non-hydrogen) atoms. The van der Waals surface area contributed by atoms with Gasteiger partial charge in [0.25, 0.3) is 0 Å². The van der Waals surface area contributed by atoms with Crippen LogP contribution in [0.15, 0.2) is 73.1 Å². The second-order valence-corrected chi connectivity index (χ2v) is 7.29. The molecule has 2 aliphatic rings. The van der Waals surface area contributed by atoms with Crippen molar-refractivity contribution in [3.8, 4) is 11.5 Å². The van der Waals surface area contributed by atoms with Crippen molar-refractivity contribution in [2.45, 2.75) is 19.2 Å². The van der Waals surface area contributed by atoms with Crippen molar-refractivity contribution in [2.75, 3.05) is 6.61 Å². The van der Waals surface area contributed by atoms with E-state index in [1.165, 1.54) is 0 Å². The van der Waals surface area contributed by atoms with Gasteiger partial charge in [-0.25, -0.2) is 0 Å². The van der Waals surface area contributed by atoms with Crippen LogP contribution in [0.2, 0.25) is 5.02 Å². The van der Waals surface area contributed by atoms with Crippen molar-refractivity contribution in [1.82, 2.24) is 15.4 Å². The van der Waals surface area contributed by atoms with Gasteiger partial charge in [-0.2, -0.15) is 5.01 Å². The molecule has 0 amide bonds. The predicted molar refractivity (Wildman–Crippen MR) is 112 cm³/mol. The average molecular weight is 406 g/mol. The number of hydrazine groups is 1. The van der Waals surface area contributed by atoms with Crippen molar-refractivity contribution in [1.29, 1.82) is 0 Å². The summed E-state index contributed by atoms with van der Waals surface area (Å²) >= 11 is 6.54. The van der Waals surface area contributed by atoms with E-state index in [4.69, 9.17) is 21.1 Å². The topological polar surface area (TPSA) is 46.6 Å². The smallest absolute Gasteiger partial charge is 0.197 e. The van der Waals surface area contributed by atoms with Crippen LogP contribution in [0.4, 0.5) is 0 Å². The van der Waals surface area contributed by atoms with E-state index in [1.54, 1.807) is 6.20 Å². The highest BCUT2D eigenvalue weighted by Gasteiger charge is 2.42. The summed E-state index contributed by atoms with van der Waals surface area (Å²) in [6, 6.07) is 17.7. The van der Waals surface area contributed by atoms with Crippen LogP contribution in [0.3, 0.4) is 0 Å². The Morgan fingerprint density at radius 1 is 1.10 bits per heavy atom. The number of hydrogen-bond acceptors (Lipinski definition) is 5. The van der Waals surface area contributed by atoms with Gasteiger partial charge >= 0.3 is 0 Å². The quantitative estimate of drug-likeness (QED) is 0.652. The van der Waals surface area contributed by atoms with Gasteiger partial charge in [-0.3, -0.25) is 4.98 Å². The molecular formula is C23H20ClN3O2. The fourth-order valence-electron chi connectivity index (χ4n) is 3.83. The lowest BCUT2D eigenvalue weighted by Gasteiger charge is -2.39. The molecule has 3 aromatic rings. The molecule has 0 radical (unpaired) electrons. The van der Waals surface area contributed by atoms with E-state index in [9.17, 15) is 0 Å². The second kappa shape index (κ2) is 7.43. The maximum Gasteiger partial charge on any atom is 0.197 e. The third kappa shape index (κ3) is 3.12. The number of benzene rings is 2. The van der Waals surface area contributed by atoms with Gasteiger partial charge in [-0.1, -0.05) is 41.9 Å². The summed E-state index contributed by atoms with van der Waals surface area (Å²) in [5.74, 6) is 1.50. The monoisotopic (exact) mass is 405 g/mol. The molecule has 146 valence electrons. The largest absolute Gasteiger partial charge is 0.490 e. The Morgan fingerprint density at radius 2 is 1.97 bits per heavy atom. The Morgan fingerprint density at radius 3 is 2.76 bits per heavy atom. The number of aromatic nitrogens is 1. The lowest BCUT2D eigenvalue weighted by atomic mass is 10.0. The molecule has 0 saturated carbocycles. The minimum absolute atomic E-state index is 0.0318. The molecule has 1 aromatic heterocycles. The summed E-state index contributed by atoms with van der Waals surface area (Å²) in [5.41, 5.74) is 7.45. The number of hydrogen-bond donors (Lipinski definition) is 1. The number of nitrogens with zero attached hydrogens (tertiary/aromatic N) is 2. The summed E-state index contributed by atoms with van der Waals surface area (Å²) in [4.78, 5) is 4.25. The van der Waals surface area contributed by atoms with Gasteiger partial charge in [-0.05, 0) is 37.3 Å². The van der Waals surface area contributed by atoms with E-state index in [0.29, 0.717) is 11.6 Å². The lowest BCUT2D eigenvalue weighted by Crippen LogP contribution is -2.43. The van der Waals surface area contributed by atoms with Crippen LogP contribution in [-0.2, 0) is 0 Å². The molecular weight excluding hydrogens is 386 g/mol. The maximum absolute atomic E-state index is 6.54. The van der Waals surface area contributed by atoms with Gasteiger partial charge < -0.3 is 14.9 Å². The molecule has 2 aromatic carbocycles. The van der Waals surface area contributed by atoms with E-state index >= 15 is 0 Å². The van der Waals surface area contributed by atoms with Gasteiger partial charge in [0.15, 0.2) is 17.7 Å². The van der Waals surface area contributed by atoms with Crippen LogP contribution in [0.25, 0.3) is 5.70 Å². The van der Waals surface area contributed by atoms with Crippen LogP contribution in [-0.4, -0.2) is 16.6 Å². The zero-order valence-electron chi connectivity index (χ0n) is 15.9. The van der Waals surface area contributed by atoms with Crippen LogP contribution < -0.4 is 14.9 Å². The normalized spacial score (nSPS) is 20.1. The van der Waals surface area contributed by atoms with Gasteiger partial charge in [0.1, 0.15) is 0 Å². The third-order valence-corrected chi connectivity index (χ3v) is 5.47. The molecule has 6 heteroatoms. The Balaban J connectivity index is 1.64. The fraction of sp³-hybridized carbons (Fsp3) is 0.174. The van der Waals surface area contributed by atoms with Crippen molar-refractivity contribution in [3.63, 3.8) is 0 Å². The van der Waals surface area contributed by atoms with Crippen LogP contribution in [0.1, 0.15) is 35.9 Å². The standard InChI is InChI=1S/C23H20ClN3O2/c1-2-28-21-11-5-9-17-20-13-19(15-7-6-12-25-14-15)26-27(20)23(29-22(17)21)16-8-3-4-10-18(16)24/h3-14,20,23,26H,2H2,1H3. The molecule has 0 bridgehead atoms. The summed E-state index contributed by atoms with van der Waals surface area (Å²) in [5, 5.41) is 2.74. The number of pyridine rings is 1. The summed E-state index contributed by atoms with van der Waals surface area (Å²) in [6.07, 6.45) is 5.40. The third-order valence-electron chi connectivity index (χ3n) is 5.13. The molecule has 2 atom stereocenters. The molecule has 0 spiro atoms. The van der Waals surface area contributed by atoms with Gasteiger partial charge in [0.05, 0.1) is 18.3 Å². The average Bonchev–Trinajstić information content (AvgIpc) is 3.21. The minimum Gasteiger partial charge on any atom is -0.490 e. The second-order valence-electron chi connectivity index (χ2n) is 6.89. The van der Waals surface area contributed by atoms with E-state index in [1.807, 2.05) is 61.7 Å². The van der Waals surface area contributed by atoms with E-state index < -0.39 is 6.23 Å². The number of halogens is 1. The highest BCUT2D eigenvalue weighted by molar-refractivity contribution is 6.31. The summed E-state index contributed by atoms with van der Waals surface area (Å²) in [7, 11) is 0. The van der Waals surface area contributed by atoms with Gasteiger partial charge in [0, 0.05) is 34.1 Å². The van der Waals surface area contributed by atoms with E-state index in [-0.39, 0.29) is 6.04 Å². The van der Waals surface area contributed by atoms with E-state index in [0.717, 1.165) is 33.9 Å². The molecule has 2 aliphatic heterocycles. The molecule has 5 nitrogen and oxygen atoms in total. The Bertz CT molecular complexity index is 1070. The summed E-state index contributed by atoms with van der Waals surface area (Å²) < 4.78 is 12.3.